The Morgan fingerprint density at radius 3 is 2.73 bits per heavy atom. The Kier molecular flexibility index (Phi) is 6.72. The van der Waals surface area contributed by atoms with Crippen molar-refractivity contribution in [3.05, 3.63) is 50.0 Å². The standard InChI is InChI=1S/C24H21BrF2N4O4S2/c1-24(27)12-30(13-24)19(32)11-29-14-28-22-21(23(29)33)20(15-5-6-17(26)16(25)10-15)18(36-22)4-2-7-31-8-3-9-37(31,34)35/h5-6,10,14H,3,7-9,11-13H2,1H3. The van der Waals surface area contributed by atoms with Gasteiger partial charge in [0.05, 0.1) is 46.5 Å². The molecule has 4 heterocycles. The Balaban J connectivity index is 1.56. The minimum Gasteiger partial charge on any atom is -0.335 e. The first-order valence-corrected chi connectivity index (χ1v) is 14.6. The Hall–Kier alpha value is -2.66. The number of aromatic nitrogens is 2. The van der Waals surface area contributed by atoms with Gasteiger partial charge >= 0.3 is 0 Å². The highest BCUT2D eigenvalue weighted by atomic mass is 79.9. The molecule has 2 saturated heterocycles. The van der Waals surface area contributed by atoms with Gasteiger partial charge in [0.15, 0.2) is 0 Å². The molecule has 0 saturated carbocycles. The third kappa shape index (κ3) is 5.07. The third-order valence-electron chi connectivity index (χ3n) is 6.25. The van der Waals surface area contributed by atoms with Crippen LogP contribution in [0.15, 0.2) is 33.8 Å². The number of nitrogens with zero attached hydrogens (tertiary/aromatic N) is 4. The van der Waals surface area contributed by atoms with Crippen LogP contribution in [0.1, 0.15) is 18.2 Å². The molecule has 2 fully saturated rings. The number of alkyl halides is 1. The average molecular weight is 611 g/mol. The summed E-state index contributed by atoms with van der Waals surface area (Å²) < 4.78 is 54.7. The van der Waals surface area contributed by atoms with Gasteiger partial charge < -0.3 is 4.90 Å². The average Bonchev–Trinajstić information content (AvgIpc) is 3.35. The first kappa shape index (κ1) is 26.0. The number of likely N-dealkylation sites (tertiary alicyclic amines) is 1. The van der Waals surface area contributed by atoms with Crippen molar-refractivity contribution >= 4 is 53.4 Å². The van der Waals surface area contributed by atoms with Crippen LogP contribution in [0.2, 0.25) is 0 Å². The van der Waals surface area contributed by atoms with E-state index in [1.165, 1.54) is 45.2 Å². The second-order valence-corrected chi connectivity index (χ2v) is 13.2. The molecule has 8 nitrogen and oxygen atoms in total. The smallest absolute Gasteiger partial charge is 0.263 e. The van der Waals surface area contributed by atoms with Gasteiger partial charge in [-0.2, -0.15) is 4.31 Å². The quantitative estimate of drug-likeness (QED) is 0.424. The van der Waals surface area contributed by atoms with Gasteiger partial charge in [-0.3, -0.25) is 14.2 Å². The van der Waals surface area contributed by atoms with Gasteiger partial charge in [-0.15, -0.1) is 11.3 Å². The van der Waals surface area contributed by atoms with Gasteiger partial charge in [0.25, 0.3) is 5.56 Å². The second-order valence-electron chi connectivity index (χ2n) is 9.26. The summed E-state index contributed by atoms with van der Waals surface area (Å²) >= 11 is 4.33. The number of carbonyl (C=O) groups is 1. The molecule has 0 aliphatic carbocycles. The topological polar surface area (TPSA) is 92.6 Å². The van der Waals surface area contributed by atoms with E-state index in [-0.39, 0.29) is 41.8 Å². The van der Waals surface area contributed by atoms with E-state index in [0.29, 0.717) is 33.8 Å². The van der Waals surface area contributed by atoms with Crippen molar-refractivity contribution in [1.82, 2.24) is 18.8 Å². The summed E-state index contributed by atoms with van der Waals surface area (Å²) in [5.74, 6) is 5.09. The Bertz CT molecular complexity index is 1650. The number of hydrogen-bond acceptors (Lipinski definition) is 6. The van der Waals surface area contributed by atoms with E-state index in [4.69, 9.17) is 0 Å². The molecule has 0 N–H and O–H groups in total. The van der Waals surface area contributed by atoms with Crippen LogP contribution in [0.5, 0.6) is 0 Å². The summed E-state index contributed by atoms with van der Waals surface area (Å²) in [6.45, 7) is 1.47. The fourth-order valence-electron chi connectivity index (χ4n) is 4.40. The van der Waals surface area contributed by atoms with E-state index in [1.54, 1.807) is 0 Å². The fourth-order valence-corrected chi connectivity index (χ4v) is 7.23. The summed E-state index contributed by atoms with van der Waals surface area (Å²) in [4.78, 5) is 32.6. The van der Waals surface area contributed by atoms with Crippen molar-refractivity contribution in [2.24, 2.45) is 0 Å². The van der Waals surface area contributed by atoms with E-state index in [0.717, 1.165) is 11.3 Å². The van der Waals surface area contributed by atoms with Gasteiger partial charge in [-0.25, -0.2) is 22.2 Å². The second kappa shape index (κ2) is 9.58. The fraction of sp³-hybridized carbons (Fsp3) is 0.375. The van der Waals surface area contributed by atoms with Crippen molar-refractivity contribution in [3.8, 4) is 23.0 Å². The molecule has 194 valence electrons. The summed E-state index contributed by atoms with van der Waals surface area (Å²) in [7, 11) is -3.31. The monoisotopic (exact) mass is 610 g/mol. The minimum absolute atomic E-state index is 0.0125. The van der Waals surface area contributed by atoms with Crippen molar-refractivity contribution in [1.29, 1.82) is 0 Å². The molecule has 13 heteroatoms. The molecule has 0 bridgehead atoms. The summed E-state index contributed by atoms with van der Waals surface area (Å²) in [6.07, 6.45) is 1.82. The Labute approximate surface area is 224 Å². The van der Waals surface area contributed by atoms with Crippen molar-refractivity contribution in [3.63, 3.8) is 0 Å². The van der Waals surface area contributed by atoms with Crippen LogP contribution in [0.3, 0.4) is 0 Å². The van der Waals surface area contributed by atoms with Crippen LogP contribution in [0.4, 0.5) is 8.78 Å². The molecular formula is C24H21BrF2N4O4S2. The number of thiophene rings is 1. The molecule has 1 aromatic carbocycles. The number of sulfonamides is 1. The third-order valence-corrected chi connectivity index (χ3v) is 9.77. The van der Waals surface area contributed by atoms with Gasteiger partial charge in [0.1, 0.15) is 22.9 Å². The highest BCUT2D eigenvalue weighted by Gasteiger charge is 2.41. The molecule has 3 aromatic rings. The first-order valence-electron chi connectivity index (χ1n) is 11.4. The molecule has 37 heavy (non-hydrogen) atoms. The summed E-state index contributed by atoms with van der Waals surface area (Å²) in [6, 6.07) is 4.30. The number of hydrogen-bond donors (Lipinski definition) is 0. The molecule has 1 amide bonds. The summed E-state index contributed by atoms with van der Waals surface area (Å²) in [5.41, 5.74) is -0.973. The number of benzene rings is 1. The maximum Gasteiger partial charge on any atom is 0.263 e. The number of rotatable bonds is 4. The van der Waals surface area contributed by atoms with E-state index >= 15 is 0 Å². The predicted molar refractivity (Wildman–Crippen MR) is 140 cm³/mol. The first-order chi connectivity index (χ1) is 17.4. The van der Waals surface area contributed by atoms with E-state index < -0.39 is 33.0 Å². The van der Waals surface area contributed by atoms with Crippen LogP contribution >= 0.6 is 27.3 Å². The SMILES string of the molecule is CC1(F)CN(C(=O)Cn2cnc3sc(C#CCN4CCCS4(=O)=O)c(-c4ccc(F)c(Br)c4)c3c2=O)C1. The van der Waals surface area contributed by atoms with Crippen molar-refractivity contribution in [2.45, 2.75) is 25.6 Å². The van der Waals surface area contributed by atoms with E-state index in [9.17, 15) is 26.8 Å². The highest BCUT2D eigenvalue weighted by molar-refractivity contribution is 9.10. The van der Waals surface area contributed by atoms with Gasteiger partial charge in [-0.05, 0) is 47.0 Å². The maximum atomic E-state index is 14.0. The molecule has 2 aliphatic heterocycles. The van der Waals surface area contributed by atoms with Crippen LogP contribution in [-0.4, -0.2) is 70.7 Å². The maximum absolute atomic E-state index is 14.0. The zero-order chi connectivity index (χ0) is 26.5. The lowest BCUT2D eigenvalue weighted by Crippen LogP contribution is -2.60. The highest BCUT2D eigenvalue weighted by Crippen LogP contribution is 2.37. The molecule has 0 radical (unpaired) electrons. The summed E-state index contributed by atoms with van der Waals surface area (Å²) in [5, 5.41) is 0.218. The lowest BCUT2D eigenvalue weighted by molar-refractivity contribution is -0.144. The number of halogens is 3. The lowest BCUT2D eigenvalue weighted by atomic mass is 9.99. The van der Waals surface area contributed by atoms with Gasteiger partial charge in [0, 0.05) is 12.1 Å². The molecule has 0 atom stereocenters. The Morgan fingerprint density at radius 1 is 1.32 bits per heavy atom. The number of carbonyl (C=O) groups excluding carboxylic acids is 1. The molecule has 2 aliphatic rings. The van der Waals surface area contributed by atoms with Crippen molar-refractivity contribution < 1.29 is 22.0 Å². The zero-order valence-corrected chi connectivity index (χ0v) is 22.9. The molecule has 0 unspecified atom stereocenters. The van der Waals surface area contributed by atoms with E-state index in [1.807, 2.05) is 0 Å². The molecular weight excluding hydrogens is 590 g/mol. The predicted octanol–water partition coefficient (Wildman–Crippen LogP) is 2.98. The van der Waals surface area contributed by atoms with Gasteiger partial charge in [-0.1, -0.05) is 17.9 Å². The van der Waals surface area contributed by atoms with Crippen molar-refractivity contribution in [2.75, 3.05) is 31.9 Å². The molecule has 0 spiro atoms. The van der Waals surface area contributed by atoms with Crippen LogP contribution in [-0.2, 0) is 21.4 Å². The molecule has 5 rings (SSSR count). The number of fused-ring (bicyclic) bond motifs is 1. The van der Waals surface area contributed by atoms with Crippen LogP contribution < -0.4 is 5.56 Å². The lowest BCUT2D eigenvalue weighted by Gasteiger charge is -2.42. The zero-order valence-electron chi connectivity index (χ0n) is 19.6. The molecule has 2 aromatic heterocycles. The van der Waals surface area contributed by atoms with Crippen LogP contribution in [0, 0.1) is 17.7 Å². The normalized spacial score (nSPS) is 18.4. The Morgan fingerprint density at radius 2 is 2.08 bits per heavy atom. The van der Waals surface area contributed by atoms with Gasteiger partial charge in [0.2, 0.25) is 15.9 Å². The van der Waals surface area contributed by atoms with Crippen LogP contribution in [0.25, 0.3) is 21.3 Å². The minimum atomic E-state index is -3.31. The van der Waals surface area contributed by atoms with E-state index in [2.05, 4.69) is 32.8 Å². The largest absolute Gasteiger partial charge is 0.335 e. The number of amides is 1.